The first-order chi connectivity index (χ1) is 7.86. The molecule has 0 aliphatic carbocycles. The molecule has 2 rings (SSSR count). The summed E-state index contributed by atoms with van der Waals surface area (Å²) >= 11 is 0. The molecule has 1 fully saturated rings. The molecule has 1 aliphatic heterocycles. The lowest BCUT2D eigenvalue weighted by molar-refractivity contribution is -0.135. The van der Waals surface area contributed by atoms with E-state index in [1.807, 2.05) is 30.3 Å². The number of hydrogen-bond donors (Lipinski definition) is 1. The Morgan fingerprint density at radius 1 is 1.31 bits per heavy atom. The molecule has 16 heavy (non-hydrogen) atoms. The summed E-state index contributed by atoms with van der Waals surface area (Å²) in [4.78, 5) is 11.7. The number of carbonyl (C=O) groups excluding carboxylic acids is 1. The van der Waals surface area contributed by atoms with Crippen molar-refractivity contribution in [3.8, 4) is 0 Å². The van der Waals surface area contributed by atoms with Crippen LogP contribution in [0.5, 0.6) is 0 Å². The van der Waals surface area contributed by atoms with Crippen LogP contribution < -0.4 is 5.32 Å². The topological polar surface area (TPSA) is 38.3 Å². The second kappa shape index (κ2) is 5.66. The lowest BCUT2D eigenvalue weighted by Gasteiger charge is -2.21. The fourth-order valence-electron chi connectivity index (χ4n) is 1.85. The van der Waals surface area contributed by atoms with Crippen molar-refractivity contribution in [3.63, 3.8) is 0 Å². The van der Waals surface area contributed by atoms with Gasteiger partial charge in [-0.25, -0.2) is 0 Å². The number of hydrogen-bond acceptors (Lipinski definition) is 2. The molecule has 3 nitrogen and oxygen atoms in total. The van der Waals surface area contributed by atoms with Crippen LogP contribution in [-0.4, -0.2) is 18.6 Å². The molecule has 0 bridgehead atoms. The van der Waals surface area contributed by atoms with Gasteiger partial charge in [-0.3, -0.25) is 4.79 Å². The molecule has 1 unspecified atom stereocenters. The molecule has 0 saturated carbocycles. The van der Waals surface area contributed by atoms with Gasteiger partial charge in [-0.15, -0.1) is 0 Å². The molecule has 86 valence electrons. The fraction of sp³-hybridized carbons (Fsp3) is 0.462. The van der Waals surface area contributed by atoms with Gasteiger partial charge in [0.1, 0.15) is 6.10 Å². The highest BCUT2D eigenvalue weighted by Gasteiger charge is 2.21. The van der Waals surface area contributed by atoms with E-state index in [-0.39, 0.29) is 12.0 Å². The molecule has 1 amide bonds. The highest BCUT2D eigenvalue weighted by molar-refractivity contribution is 5.80. The Morgan fingerprint density at radius 3 is 2.81 bits per heavy atom. The number of nitrogens with one attached hydrogen (secondary N) is 1. The Bertz CT molecular complexity index is 331. The standard InChI is InChI=1S/C13H17NO2/c15-13(12-8-4-5-9-16-12)14-10-11-6-2-1-3-7-11/h1-3,6-7,12H,4-5,8-10H2,(H,14,15). The van der Waals surface area contributed by atoms with E-state index in [4.69, 9.17) is 4.74 Å². The Balaban J connectivity index is 1.79. The second-order valence-electron chi connectivity index (χ2n) is 4.06. The third kappa shape index (κ3) is 3.07. The second-order valence-corrected chi connectivity index (χ2v) is 4.06. The average molecular weight is 219 g/mol. The first kappa shape index (κ1) is 11.1. The number of amides is 1. The van der Waals surface area contributed by atoms with E-state index >= 15 is 0 Å². The van der Waals surface area contributed by atoms with Gasteiger partial charge < -0.3 is 10.1 Å². The van der Waals surface area contributed by atoms with E-state index in [1.54, 1.807) is 0 Å². The number of ether oxygens (including phenoxy) is 1. The van der Waals surface area contributed by atoms with Gasteiger partial charge in [0.2, 0.25) is 5.91 Å². The normalized spacial score (nSPS) is 20.4. The lowest BCUT2D eigenvalue weighted by atomic mass is 10.1. The maximum absolute atomic E-state index is 11.7. The molecule has 0 radical (unpaired) electrons. The van der Waals surface area contributed by atoms with Crippen LogP contribution >= 0.6 is 0 Å². The third-order valence-electron chi connectivity index (χ3n) is 2.78. The van der Waals surface area contributed by atoms with Crippen molar-refractivity contribution in [1.82, 2.24) is 5.32 Å². The van der Waals surface area contributed by atoms with Crippen LogP contribution in [0.4, 0.5) is 0 Å². The summed E-state index contributed by atoms with van der Waals surface area (Å²) in [6, 6.07) is 9.91. The van der Waals surface area contributed by atoms with Crippen molar-refractivity contribution in [2.45, 2.75) is 31.9 Å². The molecule has 1 saturated heterocycles. The number of carbonyl (C=O) groups is 1. The fourth-order valence-corrected chi connectivity index (χ4v) is 1.85. The molecule has 1 N–H and O–H groups in total. The van der Waals surface area contributed by atoms with Gasteiger partial charge in [0.05, 0.1) is 0 Å². The Morgan fingerprint density at radius 2 is 2.12 bits per heavy atom. The summed E-state index contributed by atoms with van der Waals surface area (Å²) in [5.74, 6) is 0.0172. The highest BCUT2D eigenvalue weighted by atomic mass is 16.5. The van der Waals surface area contributed by atoms with E-state index in [1.165, 1.54) is 0 Å². The van der Waals surface area contributed by atoms with Gasteiger partial charge in [-0.2, -0.15) is 0 Å². The smallest absolute Gasteiger partial charge is 0.249 e. The van der Waals surface area contributed by atoms with E-state index < -0.39 is 0 Å². The molecule has 1 aromatic rings. The molecule has 1 heterocycles. The SMILES string of the molecule is O=C(NCc1ccccc1)C1CCCCO1. The summed E-state index contributed by atoms with van der Waals surface area (Å²) in [5.41, 5.74) is 1.12. The van der Waals surface area contributed by atoms with Crippen molar-refractivity contribution in [2.75, 3.05) is 6.61 Å². The van der Waals surface area contributed by atoms with Crippen molar-refractivity contribution < 1.29 is 9.53 Å². The van der Waals surface area contributed by atoms with Crippen molar-refractivity contribution in [3.05, 3.63) is 35.9 Å². The van der Waals surface area contributed by atoms with Gasteiger partial charge in [-0.05, 0) is 24.8 Å². The maximum atomic E-state index is 11.7. The Labute approximate surface area is 95.8 Å². The Kier molecular flexibility index (Phi) is 3.94. The summed E-state index contributed by atoms with van der Waals surface area (Å²) in [7, 11) is 0. The predicted molar refractivity (Wildman–Crippen MR) is 61.9 cm³/mol. The van der Waals surface area contributed by atoms with Gasteiger partial charge >= 0.3 is 0 Å². The molecule has 1 atom stereocenters. The van der Waals surface area contributed by atoms with Gasteiger partial charge in [-0.1, -0.05) is 30.3 Å². The third-order valence-corrected chi connectivity index (χ3v) is 2.78. The largest absolute Gasteiger partial charge is 0.368 e. The highest BCUT2D eigenvalue weighted by Crippen LogP contribution is 2.12. The summed E-state index contributed by atoms with van der Waals surface area (Å²) in [6.07, 6.45) is 2.77. The summed E-state index contributed by atoms with van der Waals surface area (Å²) in [6.45, 7) is 1.29. The molecular weight excluding hydrogens is 202 g/mol. The van der Waals surface area contributed by atoms with Crippen LogP contribution in [-0.2, 0) is 16.1 Å². The van der Waals surface area contributed by atoms with E-state index in [9.17, 15) is 4.79 Å². The molecular formula is C13H17NO2. The van der Waals surface area contributed by atoms with Gasteiger partial charge in [0.25, 0.3) is 0 Å². The van der Waals surface area contributed by atoms with Crippen LogP contribution in [0.3, 0.4) is 0 Å². The minimum absolute atomic E-state index is 0.0172. The van der Waals surface area contributed by atoms with Crippen LogP contribution in [0.2, 0.25) is 0 Å². The first-order valence-corrected chi connectivity index (χ1v) is 5.79. The average Bonchev–Trinajstić information content (AvgIpc) is 2.38. The zero-order valence-corrected chi connectivity index (χ0v) is 9.32. The first-order valence-electron chi connectivity index (χ1n) is 5.79. The predicted octanol–water partition coefficient (Wildman–Crippen LogP) is 1.87. The van der Waals surface area contributed by atoms with Crippen LogP contribution in [0, 0.1) is 0 Å². The Hall–Kier alpha value is -1.35. The van der Waals surface area contributed by atoms with E-state index in [0.717, 1.165) is 24.8 Å². The summed E-state index contributed by atoms with van der Waals surface area (Å²) in [5, 5.41) is 2.90. The maximum Gasteiger partial charge on any atom is 0.249 e. The molecule has 0 spiro atoms. The van der Waals surface area contributed by atoms with Crippen LogP contribution in [0.25, 0.3) is 0 Å². The van der Waals surface area contributed by atoms with Crippen molar-refractivity contribution in [1.29, 1.82) is 0 Å². The number of rotatable bonds is 3. The van der Waals surface area contributed by atoms with Gasteiger partial charge in [0.15, 0.2) is 0 Å². The minimum atomic E-state index is -0.238. The number of benzene rings is 1. The molecule has 1 aliphatic rings. The van der Waals surface area contributed by atoms with E-state index in [2.05, 4.69) is 5.32 Å². The van der Waals surface area contributed by atoms with Crippen LogP contribution in [0.15, 0.2) is 30.3 Å². The van der Waals surface area contributed by atoms with Crippen molar-refractivity contribution >= 4 is 5.91 Å². The molecule has 0 aromatic heterocycles. The van der Waals surface area contributed by atoms with E-state index in [0.29, 0.717) is 13.2 Å². The zero-order chi connectivity index (χ0) is 11.2. The minimum Gasteiger partial charge on any atom is -0.368 e. The zero-order valence-electron chi connectivity index (χ0n) is 9.32. The molecule has 1 aromatic carbocycles. The quantitative estimate of drug-likeness (QED) is 0.842. The molecule has 3 heteroatoms. The van der Waals surface area contributed by atoms with Gasteiger partial charge in [0, 0.05) is 13.2 Å². The monoisotopic (exact) mass is 219 g/mol. The van der Waals surface area contributed by atoms with Crippen molar-refractivity contribution in [2.24, 2.45) is 0 Å². The van der Waals surface area contributed by atoms with Crippen LogP contribution in [0.1, 0.15) is 24.8 Å². The lowest BCUT2D eigenvalue weighted by Crippen LogP contribution is -2.37. The summed E-state index contributed by atoms with van der Waals surface area (Å²) < 4.78 is 5.42.